The number of aromatic amines is 1. The minimum absolute atomic E-state index is 0.0660. The Balaban J connectivity index is 1.42. The first-order valence-electron chi connectivity index (χ1n) is 12.0. The fourth-order valence-electron chi connectivity index (χ4n) is 6.10. The van der Waals surface area contributed by atoms with Crippen LogP contribution in [0.3, 0.4) is 0 Å². The molecule has 198 valence electrons. The van der Waals surface area contributed by atoms with Gasteiger partial charge in [0.05, 0.1) is 22.5 Å². The zero-order chi connectivity index (χ0) is 27.2. The Kier molecular flexibility index (Phi) is 5.17. The summed E-state index contributed by atoms with van der Waals surface area (Å²) >= 11 is 6.07. The minimum Gasteiger partial charge on any atom is -0.460 e. The summed E-state index contributed by atoms with van der Waals surface area (Å²) in [5.74, 6) is -0.337. The van der Waals surface area contributed by atoms with Crippen molar-refractivity contribution in [2.75, 3.05) is 5.32 Å². The second-order valence-electron chi connectivity index (χ2n) is 10.5. The van der Waals surface area contributed by atoms with Crippen LogP contribution < -0.4 is 16.5 Å². The van der Waals surface area contributed by atoms with Gasteiger partial charge in [-0.05, 0) is 63.8 Å². The zero-order valence-electron chi connectivity index (χ0n) is 20.5. The summed E-state index contributed by atoms with van der Waals surface area (Å²) in [7, 11) is 0. The largest absolute Gasteiger partial charge is 0.460 e. The summed E-state index contributed by atoms with van der Waals surface area (Å²) < 4.78 is 51.4. The number of pyridine rings is 1. The van der Waals surface area contributed by atoms with Crippen LogP contribution >= 0.6 is 11.6 Å². The van der Waals surface area contributed by atoms with Crippen molar-refractivity contribution >= 4 is 28.3 Å². The van der Waals surface area contributed by atoms with Gasteiger partial charge in [0.15, 0.2) is 5.43 Å². The van der Waals surface area contributed by atoms with Crippen LogP contribution in [0.2, 0.25) is 5.15 Å². The number of alkyl halides is 3. The molecule has 0 spiro atoms. The lowest BCUT2D eigenvalue weighted by atomic mass is 9.34. The molecule has 3 aliphatic carbocycles. The van der Waals surface area contributed by atoms with Crippen molar-refractivity contribution in [3.8, 4) is 11.5 Å². The first-order chi connectivity index (χ1) is 17.8. The first-order valence-corrected chi connectivity index (χ1v) is 12.3. The molecule has 1 aromatic carbocycles. The third kappa shape index (κ3) is 3.51. The zero-order valence-corrected chi connectivity index (χ0v) is 21.3. The molecule has 0 amide bonds. The molecule has 7 rings (SSSR count). The Morgan fingerprint density at radius 1 is 1.16 bits per heavy atom. The highest BCUT2D eigenvalue weighted by atomic mass is 35.5. The third-order valence-electron chi connectivity index (χ3n) is 7.87. The van der Waals surface area contributed by atoms with E-state index in [1.807, 2.05) is 19.9 Å². The minimum atomic E-state index is -4.26. The topological polar surface area (TPSA) is 114 Å². The van der Waals surface area contributed by atoms with Crippen LogP contribution in [0, 0.1) is 19.3 Å². The van der Waals surface area contributed by atoms with Gasteiger partial charge in [-0.25, -0.2) is 9.78 Å². The van der Waals surface area contributed by atoms with Crippen molar-refractivity contribution in [1.29, 1.82) is 0 Å². The van der Waals surface area contributed by atoms with Crippen LogP contribution in [-0.2, 0) is 5.41 Å². The molecule has 0 saturated heterocycles. The van der Waals surface area contributed by atoms with Crippen molar-refractivity contribution in [3.63, 3.8) is 0 Å². The summed E-state index contributed by atoms with van der Waals surface area (Å²) in [6.45, 7) is 5.31. The standard InChI is InChI=1S/C26H22ClF3N4O4/c1-11-6-14(13(3)31-16-4-5-17(27)32-18(16)22-33-23(36)38-34-22)20-15(7-11)19(35)12(2)21(37-20)24-8-25(9-24,10-24)26(28,29)30/h4-7,13,31H,8-10H2,1-3H3,(H,33,34,36). The lowest BCUT2D eigenvalue weighted by Gasteiger charge is -2.69. The molecular weight excluding hydrogens is 525 g/mol. The summed E-state index contributed by atoms with van der Waals surface area (Å²) in [5, 5.41) is 7.53. The van der Waals surface area contributed by atoms with Crippen LogP contribution in [0.1, 0.15) is 54.7 Å². The Hall–Kier alpha value is -3.60. The molecule has 1 unspecified atom stereocenters. The molecule has 3 heterocycles. The lowest BCUT2D eigenvalue weighted by molar-refractivity contribution is -0.340. The molecule has 0 radical (unpaired) electrons. The van der Waals surface area contributed by atoms with Gasteiger partial charge in [-0.3, -0.25) is 14.3 Å². The third-order valence-corrected chi connectivity index (χ3v) is 8.08. The highest BCUT2D eigenvalue weighted by molar-refractivity contribution is 6.29. The molecule has 2 bridgehead atoms. The Morgan fingerprint density at radius 2 is 1.87 bits per heavy atom. The van der Waals surface area contributed by atoms with Crippen LogP contribution in [0.25, 0.3) is 22.5 Å². The summed E-state index contributed by atoms with van der Waals surface area (Å²) in [5.41, 5.74) is 0.171. The van der Waals surface area contributed by atoms with Gasteiger partial charge >= 0.3 is 11.9 Å². The Bertz CT molecular complexity index is 1720. The average Bonchev–Trinajstić information content (AvgIpc) is 3.21. The second-order valence-corrected chi connectivity index (χ2v) is 10.9. The molecule has 1 atom stereocenters. The van der Waals surface area contributed by atoms with Crippen molar-refractivity contribution in [1.82, 2.24) is 15.1 Å². The van der Waals surface area contributed by atoms with Gasteiger partial charge in [-0.15, -0.1) is 0 Å². The van der Waals surface area contributed by atoms with Crippen molar-refractivity contribution < 1.29 is 22.1 Å². The lowest BCUT2D eigenvalue weighted by Crippen LogP contribution is -2.70. The summed E-state index contributed by atoms with van der Waals surface area (Å²) in [4.78, 5) is 31.6. The molecular formula is C26H22ClF3N4O4. The molecule has 3 saturated carbocycles. The maximum Gasteiger partial charge on any atom is 0.439 e. The average molecular weight is 547 g/mol. The number of hydrogen-bond acceptors (Lipinski definition) is 7. The van der Waals surface area contributed by atoms with Crippen LogP contribution in [0.5, 0.6) is 0 Å². The molecule has 12 heteroatoms. The molecule has 0 aliphatic heterocycles. The van der Waals surface area contributed by atoms with Crippen LogP contribution in [-0.4, -0.2) is 21.3 Å². The Morgan fingerprint density at radius 3 is 2.50 bits per heavy atom. The van der Waals surface area contributed by atoms with Gasteiger partial charge in [0.25, 0.3) is 0 Å². The second kappa shape index (κ2) is 7.95. The molecule has 38 heavy (non-hydrogen) atoms. The van der Waals surface area contributed by atoms with E-state index in [9.17, 15) is 22.8 Å². The highest BCUT2D eigenvalue weighted by Gasteiger charge is 2.80. The predicted octanol–water partition coefficient (Wildman–Crippen LogP) is 5.96. The quantitative estimate of drug-likeness (QED) is 0.297. The van der Waals surface area contributed by atoms with E-state index < -0.39 is 28.8 Å². The number of H-pyrrole nitrogens is 1. The SMILES string of the molecule is Cc1cc(C(C)Nc2ccc(Cl)nc2-c2noc(=O)[nH]2)c2oc(C34CC(C(F)(F)F)(C3)C4)c(C)c(=O)c2c1. The fraction of sp³-hybridized carbons (Fsp3) is 0.385. The maximum atomic E-state index is 13.5. The van der Waals surface area contributed by atoms with Gasteiger partial charge in [-0.2, -0.15) is 13.2 Å². The summed E-state index contributed by atoms with van der Waals surface area (Å²) in [6, 6.07) is 6.36. The van der Waals surface area contributed by atoms with Gasteiger partial charge in [0, 0.05) is 16.5 Å². The number of halogens is 4. The first kappa shape index (κ1) is 24.7. The number of aromatic nitrogens is 3. The van der Waals surface area contributed by atoms with E-state index in [4.69, 9.17) is 16.0 Å². The van der Waals surface area contributed by atoms with Crippen LogP contribution in [0.15, 0.2) is 42.8 Å². The monoisotopic (exact) mass is 546 g/mol. The van der Waals surface area contributed by atoms with Crippen LogP contribution in [0.4, 0.5) is 18.9 Å². The van der Waals surface area contributed by atoms with Crippen molar-refractivity contribution in [2.45, 2.75) is 57.7 Å². The number of benzene rings is 1. The summed E-state index contributed by atoms with van der Waals surface area (Å²) in [6.07, 6.45) is -4.46. The van der Waals surface area contributed by atoms with Gasteiger partial charge in [0.1, 0.15) is 22.2 Å². The van der Waals surface area contributed by atoms with E-state index in [2.05, 4.69) is 25.0 Å². The normalized spacial score (nSPS) is 23.1. The van der Waals surface area contributed by atoms with Crippen molar-refractivity contribution in [3.05, 3.63) is 72.6 Å². The van der Waals surface area contributed by atoms with Gasteiger partial charge in [0.2, 0.25) is 5.82 Å². The maximum absolute atomic E-state index is 13.5. The molecule has 3 fully saturated rings. The van der Waals surface area contributed by atoms with E-state index in [0.717, 1.165) is 5.56 Å². The van der Waals surface area contributed by atoms with E-state index in [0.29, 0.717) is 33.5 Å². The number of hydrogen-bond donors (Lipinski definition) is 2. The van der Waals surface area contributed by atoms with Gasteiger partial charge < -0.3 is 9.73 Å². The Labute approximate surface area is 218 Å². The smallest absolute Gasteiger partial charge is 0.439 e. The molecule has 3 aromatic heterocycles. The number of nitrogens with zero attached hydrogens (tertiary/aromatic N) is 2. The number of fused-ring (bicyclic) bond motifs is 1. The molecule has 2 N–H and O–H groups in total. The molecule has 4 aromatic rings. The van der Waals surface area contributed by atoms with E-state index >= 15 is 0 Å². The van der Waals surface area contributed by atoms with E-state index in [1.54, 1.807) is 25.1 Å². The molecule has 3 aliphatic rings. The van der Waals surface area contributed by atoms with Gasteiger partial charge in [-0.1, -0.05) is 22.8 Å². The van der Waals surface area contributed by atoms with Crippen molar-refractivity contribution in [2.24, 2.45) is 5.41 Å². The fourth-order valence-corrected chi connectivity index (χ4v) is 6.25. The number of aryl methyl sites for hydroxylation is 1. The highest BCUT2D eigenvalue weighted by Crippen LogP contribution is 2.78. The van der Waals surface area contributed by atoms with E-state index in [1.165, 1.54) is 0 Å². The number of rotatable bonds is 5. The number of nitrogens with one attached hydrogen (secondary N) is 2. The number of anilines is 1. The van der Waals surface area contributed by atoms with E-state index in [-0.39, 0.29) is 41.4 Å². The molecule has 8 nitrogen and oxygen atoms in total. The predicted molar refractivity (Wildman–Crippen MR) is 133 cm³/mol.